The molecule has 0 aromatic heterocycles. The van der Waals surface area contributed by atoms with Gasteiger partial charge in [0.25, 0.3) is 5.91 Å². The second-order valence-corrected chi connectivity index (χ2v) is 8.69. The molecule has 0 heterocycles. The number of amides is 1. The summed E-state index contributed by atoms with van der Waals surface area (Å²) in [6.45, 7) is 5.12. The van der Waals surface area contributed by atoms with E-state index in [1.165, 1.54) is 0 Å². The van der Waals surface area contributed by atoms with Crippen molar-refractivity contribution >= 4 is 11.9 Å². The molecule has 148 valence electrons. The molecule has 1 spiro atoms. The topological polar surface area (TPSA) is 64.6 Å². The van der Waals surface area contributed by atoms with Crippen molar-refractivity contribution in [3.63, 3.8) is 0 Å². The first-order chi connectivity index (χ1) is 12.5. The molecule has 2 saturated carbocycles. The van der Waals surface area contributed by atoms with Crippen LogP contribution in [0, 0.1) is 5.41 Å². The largest absolute Gasteiger partial charge is 0.482 e. The van der Waals surface area contributed by atoms with Gasteiger partial charge in [0.2, 0.25) is 5.92 Å². The Balaban J connectivity index is 1.42. The number of rotatable bonds is 5. The highest BCUT2D eigenvalue weighted by Crippen LogP contribution is 2.62. The quantitative estimate of drug-likeness (QED) is 0.790. The molecule has 3 rings (SSSR count). The van der Waals surface area contributed by atoms with Gasteiger partial charge in [-0.15, -0.1) is 0 Å². The van der Waals surface area contributed by atoms with Crippen LogP contribution >= 0.6 is 0 Å². The van der Waals surface area contributed by atoms with Crippen LogP contribution in [0.4, 0.5) is 8.78 Å². The van der Waals surface area contributed by atoms with E-state index in [1.807, 2.05) is 0 Å². The lowest BCUT2D eigenvalue weighted by Crippen LogP contribution is -2.59. The van der Waals surface area contributed by atoms with Gasteiger partial charge in [-0.25, -0.2) is 13.6 Å². The minimum Gasteiger partial charge on any atom is -0.482 e. The SMILES string of the molecule is CC(C)(C)OC(=O)COc1ccc(C(=O)NC2CC3(C2)CC(F)(F)C3)cc1. The van der Waals surface area contributed by atoms with Crippen molar-refractivity contribution in [2.45, 2.75) is 64.0 Å². The molecule has 1 amide bonds. The molecule has 1 aromatic rings. The Morgan fingerprint density at radius 1 is 1.15 bits per heavy atom. The van der Waals surface area contributed by atoms with Crippen molar-refractivity contribution in [3.05, 3.63) is 29.8 Å². The van der Waals surface area contributed by atoms with E-state index in [4.69, 9.17) is 9.47 Å². The van der Waals surface area contributed by atoms with Crippen LogP contribution < -0.4 is 10.1 Å². The third-order valence-corrected chi connectivity index (χ3v) is 4.85. The zero-order valence-electron chi connectivity index (χ0n) is 15.8. The lowest BCUT2D eigenvalue weighted by atomic mass is 9.52. The summed E-state index contributed by atoms with van der Waals surface area (Å²) in [5.74, 6) is -2.77. The third-order valence-electron chi connectivity index (χ3n) is 4.85. The normalized spacial score (nSPS) is 20.3. The Labute approximate surface area is 157 Å². The Kier molecular flexibility index (Phi) is 4.91. The number of benzene rings is 1. The summed E-state index contributed by atoms with van der Waals surface area (Å²) in [7, 11) is 0. The molecule has 27 heavy (non-hydrogen) atoms. The fraction of sp³-hybridized carbons (Fsp3) is 0.600. The number of nitrogens with one attached hydrogen (secondary N) is 1. The molecule has 0 unspecified atom stereocenters. The number of ether oxygens (including phenoxy) is 2. The Morgan fingerprint density at radius 3 is 2.26 bits per heavy atom. The van der Waals surface area contributed by atoms with Gasteiger partial charge in [-0.3, -0.25) is 4.79 Å². The minimum absolute atomic E-state index is 0.0447. The third kappa shape index (κ3) is 4.96. The molecule has 0 radical (unpaired) electrons. The highest BCUT2D eigenvalue weighted by molar-refractivity contribution is 5.94. The molecule has 7 heteroatoms. The molecule has 1 N–H and O–H groups in total. The van der Waals surface area contributed by atoms with Crippen LogP contribution in [-0.2, 0) is 9.53 Å². The van der Waals surface area contributed by atoms with Crippen molar-refractivity contribution in [3.8, 4) is 5.75 Å². The molecule has 2 aliphatic carbocycles. The summed E-state index contributed by atoms with van der Waals surface area (Å²) < 4.78 is 36.5. The van der Waals surface area contributed by atoms with Crippen molar-refractivity contribution in [2.75, 3.05) is 6.61 Å². The Morgan fingerprint density at radius 2 is 1.74 bits per heavy atom. The van der Waals surface area contributed by atoms with Crippen LogP contribution in [0.15, 0.2) is 24.3 Å². The van der Waals surface area contributed by atoms with Crippen molar-refractivity contribution < 1.29 is 27.8 Å². The summed E-state index contributed by atoms with van der Waals surface area (Å²) in [4.78, 5) is 23.9. The smallest absolute Gasteiger partial charge is 0.344 e. The van der Waals surface area contributed by atoms with E-state index in [1.54, 1.807) is 45.0 Å². The van der Waals surface area contributed by atoms with Crippen LogP contribution in [0.3, 0.4) is 0 Å². The number of alkyl halides is 2. The monoisotopic (exact) mass is 381 g/mol. The molecule has 2 fully saturated rings. The van der Waals surface area contributed by atoms with Crippen LogP contribution in [0.25, 0.3) is 0 Å². The van der Waals surface area contributed by atoms with Gasteiger partial charge >= 0.3 is 5.97 Å². The first-order valence-electron chi connectivity index (χ1n) is 9.09. The molecule has 1 aromatic carbocycles. The van der Waals surface area contributed by atoms with E-state index in [9.17, 15) is 18.4 Å². The zero-order chi connectivity index (χ0) is 19.9. The standard InChI is InChI=1S/C20H25F2NO4/c1-18(2,3)27-16(24)10-26-15-6-4-13(5-7-15)17(25)23-14-8-19(9-14)11-20(21,22)12-19/h4-7,14H,8-12H2,1-3H3,(H,23,25). The van der Waals surface area contributed by atoms with Crippen LogP contribution in [0.5, 0.6) is 5.75 Å². The van der Waals surface area contributed by atoms with Gasteiger partial charge in [-0.05, 0) is 63.3 Å². The second kappa shape index (κ2) is 6.77. The Hall–Kier alpha value is -2.18. The van der Waals surface area contributed by atoms with E-state index in [0.29, 0.717) is 24.2 Å². The van der Waals surface area contributed by atoms with Gasteiger partial charge in [0.15, 0.2) is 6.61 Å². The first-order valence-corrected chi connectivity index (χ1v) is 9.09. The summed E-state index contributed by atoms with van der Waals surface area (Å²) in [5, 5.41) is 2.88. The van der Waals surface area contributed by atoms with E-state index in [0.717, 1.165) is 0 Å². The van der Waals surface area contributed by atoms with Gasteiger partial charge in [0.05, 0.1) is 0 Å². The number of carbonyl (C=O) groups excluding carboxylic acids is 2. The van der Waals surface area contributed by atoms with Gasteiger partial charge in [-0.1, -0.05) is 0 Å². The predicted octanol–water partition coefficient (Wildman–Crippen LogP) is 3.71. The number of carbonyl (C=O) groups is 2. The molecule has 0 atom stereocenters. The summed E-state index contributed by atoms with van der Waals surface area (Å²) in [6, 6.07) is 6.37. The van der Waals surface area contributed by atoms with Crippen molar-refractivity contribution in [2.24, 2.45) is 5.41 Å². The summed E-state index contributed by atoms with van der Waals surface area (Å²) in [5.41, 5.74) is -0.377. The zero-order valence-corrected chi connectivity index (χ0v) is 15.8. The van der Waals surface area contributed by atoms with Crippen LogP contribution in [-0.4, -0.2) is 36.0 Å². The number of hydrogen-bond acceptors (Lipinski definition) is 4. The lowest BCUT2D eigenvalue weighted by molar-refractivity contribution is -0.197. The lowest BCUT2D eigenvalue weighted by Gasteiger charge is -2.57. The summed E-state index contributed by atoms with van der Waals surface area (Å²) >= 11 is 0. The molecule has 5 nitrogen and oxygen atoms in total. The highest BCUT2D eigenvalue weighted by atomic mass is 19.3. The highest BCUT2D eigenvalue weighted by Gasteiger charge is 2.61. The van der Waals surface area contributed by atoms with E-state index < -0.39 is 17.5 Å². The second-order valence-electron chi connectivity index (χ2n) is 8.69. The Bertz CT molecular complexity index is 708. The van der Waals surface area contributed by atoms with E-state index in [2.05, 4.69) is 5.32 Å². The van der Waals surface area contributed by atoms with Crippen molar-refractivity contribution in [1.29, 1.82) is 0 Å². The van der Waals surface area contributed by atoms with Gasteiger partial charge in [0.1, 0.15) is 11.4 Å². The average Bonchev–Trinajstić information content (AvgIpc) is 2.48. The fourth-order valence-electron chi connectivity index (χ4n) is 3.91. The minimum atomic E-state index is -2.52. The van der Waals surface area contributed by atoms with Gasteiger partial charge < -0.3 is 14.8 Å². The van der Waals surface area contributed by atoms with Gasteiger partial charge in [-0.2, -0.15) is 0 Å². The van der Waals surface area contributed by atoms with Crippen LogP contribution in [0.1, 0.15) is 56.8 Å². The molecular formula is C20H25F2NO4. The number of hydrogen-bond donors (Lipinski definition) is 1. The molecule has 0 aliphatic heterocycles. The van der Waals surface area contributed by atoms with Crippen molar-refractivity contribution in [1.82, 2.24) is 5.32 Å². The van der Waals surface area contributed by atoms with E-state index >= 15 is 0 Å². The molecule has 2 aliphatic rings. The maximum Gasteiger partial charge on any atom is 0.344 e. The first kappa shape index (κ1) is 19.6. The van der Waals surface area contributed by atoms with Gasteiger partial charge in [0, 0.05) is 24.4 Å². The molecule has 0 bridgehead atoms. The predicted molar refractivity (Wildman–Crippen MR) is 94.9 cm³/mol. The number of halogens is 2. The fourth-order valence-corrected chi connectivity index (χ4v) is 3.91. The average molecular weight is 381 g/mol. The maximum atomic E-state index is 13.0. The van der Waals surface area contributed by atoms with Crippen LogP contribution in [0.2, 0.25) is 0 Å². The maximum absolute atomic E-state index is 13.0. The summed E-state index contributed by atoms with van der Waals surface area (Å²) in [6.07, 6.45) is 1.11. The van der Waals surface area contributed by atoms with E-state index in [-0.39, 0.29) is 36.8 Å². The molecular weight excluding hydrogens is 356 g/mol. The number of esters is 1. The molecule has 0 saturated heterocycles.